The smallest absolute Gasteiger partial charge is 0.0345 e. The highest BCUT2D eigenvalue weighted by Crippen LogP contribution is 2.19. The van der Waals surface area contributed by atoms with E-state index in [1.807, 2.05) is 0 Å². The zero-order valence-corrected chi connectivity index (χ0v) is 12.1. The van der Waals surface area contributed by atoms with E-state index in [0.29, 0.717) is 5.92 Å². The molecule has 2 rings (SSSR count). The minimum atomic E-state index is 0.597. The van der Waals surface area contributed by atoms with E-state index < -0.39 is 0 Å². The number of hydrogen-bond donors (Lipinski definition) is 1. The lowest BCUT2D eigenvalue weighted by Gasteiger charge is -2.13. The van der Waals surface area contributed by atoms with Crippen molar-refractivity contribution in [2.24, 2.45) is 0 Å². The monoisotopic (exact) mass is 253 g/mol. The normalized spacial score (nSPS) is 12.2. The van der Waals surface area contributed by atoms with Crippen molar-refractivity contribution in [3.63, 3.8) is 0 Å². The fourth-order valence-corrected chi connectivity index (χ4v) is 2.46. The maximum absolute atomic E-state index is 3.53. The van der Waals surface area contributed by atoms with Gasteiger partial charge in [-0.1, -0.05) is 43.3 Å². The van der Waals surface area contributed by atoms with E-state index in [1.165, 1.54) is 22.4 Å². The van der Waals surface area contributed by atoms with Gasteiger partial charge in [0.15, 0.2) is 0 Å². The van der Waals surface area contributed by atoms with E-state index in [1.54, 1.807) is 0 Å². The maximum atomic E-state index is 3.53. The van der Waals surface area contributed by atoms with E-state index in [0.717, 1.165) is 13.0 Å². The number of benzene rings is 2. The van der Waals surface area contributed by atoms with Crippen LogP contribution in [0.15, 0.2) is 48.5 Å². The molecule has 0 aromatic heterocycles. The van der Waals surface area contributed by atoms with Crippen molar-refractivity contribution in [1.82, 2.24) is 0 Å². The Hall–Kier alpha value is -1.76. The van der Waals surface area contributed by atoms with Gasteiger partial charge in [-0.25, -0.2) is 0 Å². The van der Waals surface area contributed by atoms with Crippen molar-refractivity contribution in [3.05, 3.63) is 65.2 Å². The molecule has 0 heterocycles. The molecule has 0 bridgehead atoms. The first-order chi connectivity index (χ1) is 9.15. The molecule has 0 saturated heterocycles. The van der Waals surface area contributed by atoms with E-state index in [-0.39, 0.29) is 0 Å². The van der Waals surface area contributed by atoms with Crippen LogP contribution in [0.5, 0.6) is 0 Å². The average Bonchev–Trinajstić information content (AvgIpc) is 2.38. The first kappa shape index (κ1) is 13.7. The predicted molar refractivity (Wildman–Crippen MR) is 83.9 cm³/mol. The standard InChI is InChI=1S/C18H23N/c1-14-11-15(2)13-18(12-14)19-10-9-16(3)17-7-5-4-6-8-17/h4-8,11-13,16,19H,9-10H2,1-3H3. The largest absolute Gasteiger partial charge is 0.385 e. The molecular formula is C18H23N. The molecule has 1 heteroatoms. The predicted octanol–water partition coefficient (Wildman–Crippen LogP) is 4.91. The fourth-order valence-electron chi connectivity index (χ4n) is 2.46. The van der Waals surface area contributed by atoms with Gasteiger partial charge in [0.1, 0.15) is 0 Å². The zero-order valence-electron chi connectivity index (χ0n) is 12.1. The van der Waals surface area contributed by atoms with Crippen molar-refractivity contribution in [2.75, 3.05) is 11.9 Å². The van der Waals surface area contributed by atoms with Crippen LogP contribution in [-0.4, -0.2) is 6.54 Å². The molecule has 0 saturated carbocycles. The number of hydrogen-bond acceptors (Lipinski definition) is 1. The van der Waals surface area contributed by atoms with Crippen LogP contribution in [0.2, 0.25) is 0 Å². The Balaban J connectivity index is 1.86. The molecule has 1 unspecified atom stereocenters. The molecule has 0 radical (unpaired) electrons. The van der Waals surface area contributed by atoms with Crippen molar-refractivity contribution in [3.8, 4) is 0 Å². The molecule has 0 amide bonds. The topological polar surface area (TPSA) is 12.0 Å². The van der Waals surface area contributed by atoms with Crippen molar-refractivity contribution < 1.29 is 0 Å². The van der Waals surface area contributed by atoms with Gasteiger partial charge in [-0.2, -0.15) is 0 Å². The van der Waals surface area contributed by atoms with Crippen molar-refractivity contribution in [2.45, 2.75) is 33.1 Å². The van der Waals surface area contributed by atoms with Crippen LogP contribution >= 0.6 is 0 Å². The van der Waals surface area contributed by atoms with Gasteiger partial charge in [0, 0.05) is 12.2 Å². The molecule has 0 aliphatic carbocycles. The molecule has 0 spiro atoms. The summed E-state index contributed by atoms with van der Waals surface area (Å²) in [7, 11) is 0. The van der Waals surface area contributed by atoms with Crippen LogP contribution in [0.25, 0.3) is 0 Å². The van der Waals surface area contributed by atoms with E-state index in [2.05, 4.69) is 74.6 Å². The molecule has 1 atom stereocenters. The third kappa shape index (κ3) is 4.13. The highest BCUT2D eigenvalue weighted by atomic mass is 14.9. The van der Waals surface area contributed by atoms with Gasteiger partial charge >= 0.3 is 0 Å². The van der Waals surface area contributed by atoms with E-state index in [4.69, 9.17) is 0 Å². The molecule has 0 fully saturated rings. The highest BCUT2D eigenvalue weighted by Gasteiger charge is 2.04. The second kappa shape index (κ2) is 6.42. The number of nitrogens with one attached hydrogen (secondary N) is 1. The van der Waals surface area contributed by atoms with Gasteiger partial charge < -0.3 is 5.32 Å². The highest BCUT2D eigenvalue weighted by molar-refractivity contribution is 5.48. The Kier molecular flexibility index (Phi) is 4.62. The van der Waals surface area contributed by atoms with Crippen LogP contribution in [0.4, 0.5) is 5.69 Å². The van der Waals surface area contributed by atoms with Gasteiger partial charge in [0.05, 0.1) is 0 Å². The summed E-state index contributed by atoms with van der Waals surface area (Å²) in [6.45, 7) is 7.59. The first-order valence-electron chi connectivity index (χ1n) is 7.02. The summed E-state index contributed by atoms with van der Waals surface area (Å²) in [6, 6.07) is 17.3. The Bertz CT molecular complexity index is 496. The van der Waals surface area contributed by atoms with Gasteiger partial charge in [0.2, 0.25) is 0 Å². The molecule has 2 aromatic rings. The summed E-state index contributed by atoms with van der Waals surface area (Å²) in [5.74, 6) is 0.597. The second-order valence-electron chi connectivity index (χ2n) is 5.40. The molecule has 1 N–H and O–H groups in total. The maximum Gasteiger partial charge on any atom is 0.0345 e. The minimum Gasteiger partial charge on any atom is -0.385 e. The van der Waals surface area contributed by atoms with Gasteiger partial charge in [0.25, 0.3) is 0 Å². The molecule has 100 valence electrons. The Labute approximate surface area is 116 Å². The van der Waals surface area contributed by atoms with Gasteiger partial charge in [-0.15, -0.1) is 0 Å². The quantitative estimate of drug-likeness (QED) is 0.798. The number of aryl methyl sites for hydroxylation is 2. The van der Waals surface area contributed by atoms with Crippen molar-refractivity contribution in [1.29, 1.82) is 0 Å². The van der Waals surface area contributed by atoms with Crippen LogP contribution in [0, 0.1) is 13.8 Å². The number of anilines is 1. The van der Waals surface area contributed by atoms with Crippen LogP contribution in [0.1, 0.15) is 36.0 Å². The summed E-state index contributed by atoms with van der Waals surface area (Å²) in [5.41, 5.74) is 5.29. The van der Waals surface area contributed by atoms with Crippen LogP contribution in [-0.2, 0) is 0 Å². The zero-order chi connectivity index (χ0) is 13.7. The molecule has 19 heavy (non-hydrogen) atoms. The Morgan fingerprint density at radius 3 is 2.21 bits per heavy atom. The van der Waals surface area contributed by atoms with E-state index in [9.17, 15) is 0 Å². The fraction of sp³-hybridized carbons (Fsp3) is 0.333. The molecule has 0 aliphatic heterocycles. The minimum absolute atomic E-state index is 0.597. The lowest BCUT2D eigenvalue weighted by atomic mass is 9.98. The summed E-state index contributed by atoms with van der Waals surface area (Å²) < 4.78 is 0. The SMILES string of the molecule is Cc1cc(C)cc(NCCC(C)c2ccccc2)c1. The Morgan fingerprint density at radius 1 is 0.947 bits per heavy atom. The summed E-state index contributed by atoms with van der Waals surface area (Å²) in [6.07, 6.45) is 1.15. The summed E-state index contributed by atoms with van der Waals surface area (Å²) >= 11 is 0. The average molecular weight is 253 g/mol. The summed E-state index contributed by atoms with van der Waals surface area (Å²) in [4.78, 5) is 0. The van der Waals surface area contributed by atoms with Crippen LogP contribution < -0.4 is 5.32 Å². The lowest BCUT2D eigenvalue weighted by molar-refractivity contribution is 0.706. The molecule has 0 aliphatic rings. The number of rotatable bonds is 5. The van der Waals surface area contributed by atoms with Gasteiger partial charge in [-0.3, -0.25) is 0 Å². The summed E-state index contributed by atoms with van der Waals surface area (Å²) in [5, 5.41) is 3.53. The Morgan fingerprint density at radius 2 is 1.58 bits per heavy atom. The van der Waals surface area contributed by atoms with Crippen LogP contribution in [0.3, 0.4) is 0 Å². The van der Waals surface area contributed by atoms with Crippen molar-refractivity contribution >= 4 is 5.69 Å². The third-order valence-corrected chi connectivity index (χ3v) is 3.50. The lowest BCUT2D eigenvalue weighted by Crippen LogP contribution is -2.06. The molecular weight excluding hydrogens is 230 g/mol. The van der Waals surface area contributed by atoms with Gasteiger partial charge in [-0.05, 0) is 55.0 Å². The third-order valence-electron chi connectivity index (χ3n) is 3.50. The second-order valence-corrected chi connectivity index (χ2v) is 5.40. The molecule has 1 nitrogen and oxygen atoms in total. The first-order valence-corrected chi connectivity index (χ1v) is 7.02. The van der Waals surface area contributed by atoms with E-state index >= 15 is 0 Å². The molecule has 2 aromatic carbocycles.